The molecule has 0 saturated carbocycles. The van der Waals surface area contributed by atoms with Gasteiger partial charge in [-0.2, -0.15) is 4.99 Å². The largest absolute Gasteiger partial charge is 0.357 e. The fourth-order valence-corrected chi connectivity index (χ4v) is 3.12. The fourth-order valence-electron chi connectivity index (χ4n) is 1.79. The molecule has 2 aromatic rings. The normalized spacial score (nSPS) is 12.3. The zero-order valence-electron chi connectivity index (χ0n) is 13.6. The second-order valence-electron chi connectivity index (χ2n) is 5.00. The summed E-state index contributed by atoms with van der Waals surface area (Å²) in [5.41, 5.74) is 2.21. The summed E-state index contributed by atoms with van der Waals surface area (Å²) >= 11 is 3.27. The number of hydrogen-bond acceptors (Lipinski definition) is 3. The van der Waals surface area contributed by atoms with Crippen molar-refractivity contribution < 1.29 is 0 Å². The first-order chi connectivity index (χ1) is 11.2. The van der Waals surface area contributed by atoms with E-state index in [2.05, 4.69) is 29.3 Å². The molecule has 0 amide bonds. The molecule has 5 heteroatoms. The minimum Gasteiger partial charge on any atom is -0.357 e. The Kier molecular flexibility index (Phi) is 7.23. The lowest BCUT2D eigenvalue weighted by molar-refractivity contribution is 0.637. The highest BCUT2D eigenvalue weighted by Gasteiger charge is 2.06. The number of hydrogen-bond donors (Lipinski definition) is 0. The third-order valence-electron chi connectivity index (χ3n) is 2.95. The molecule has 0 saturated heterocycles. The van der Waals surface area contributed by atoms with Crippen LogP contribution < -0.4 is 0 Å². The zero-order chi connectivity index (χ0) is 16.5. The summed E-state index contributed by atoms with van der Waals surface area (Å²) in [6, 6.07) is 20.3. The Morgan fingerprint density at radius 1 is 0.957 bits per heavy atom. The van der Waals surface area contributed by atoms with Crippen molar-refractivity contribution in [3.05, 3.63) is 66.2 Å². The highest BCUT2D eigenvalue weighted by Crippen LogP contribution is 2.19. The maximum absolute atomic E-state index is 4.72. The first-order valence-electron chi connectivity index (χ1n) is 7.29. The van der Waals surface area contributed by atoms with Crippen molar-refractivity contribution in [2.45, 2.75) is 5.75 Å². The summed E-state index contributed by atoms with van der Waals surface area (Å²) in [6.45, 7) is 0. The van der Waals surface area contributed by atoms with Crippen molar-refractivity contribution >= 4 is 39.5 Å². The third-order valence-corrected chi connectivity index (χ3v) is 4.69. The number of nitrogens with zero attached hydrogens (tertiary/aromatic N) is 3. The molecule has 0 N–H and O–H groups in total. The van der Waals surface area contributed by atoms with Gasteiger partial charge in [0, 0.05) is 19.8 Å². The number of aliphatic imine (C=N–C) groups is 2. The SMILES string of the molecule is CSC(=Nc1ccccc1)/N=C(/SCc1ccccc1)N(C)C. The van der Waals surface area contributed by atoms with Gasteiger partial charge in [-0.05, 0) is 24.0 Å². The quantitative estimate of drug-likeness (QED) is 0.587. The molecule has 23 heavy (non-hydrogen) atoms. The molecule has 120 valence electrons. The summed E-state index contributed by atoms with van der Waals surface area (Å²) in [4.78, 5) is 11.4. The van der Waals surface area contributed by atoms with Gasteiger partial charge in [0.2, 0.25) is 0 Å². The minimum atomic E-state index is 0.764. The van der Waals surface area contributed by atoms with Crippen molar-refractivity contribution in [3.8, 4) is 0 Å². The lowest BCUT2D eigenvalue weighted by atomic mass is 10.2. The maximum Gasteiger partial charge on any atom is 0.190 e. The summed E-state index contributed by atoms with van der Waals surface area (Å²) in [7, 11) is 4.02. The number of rotatable bonds is 3. The van der Waals surface area contributed by atoms with E-state index in [1.165, 1.54) is 5.56 Å². The highest BCUT2D eigenvalue weighted by atomic mass is 32.2. The van der Waals surface area contributed by atoms with Gasteiger partial charge in [-0.1, -0.05) is 72.1 Å². The molecule has 0 radical (unpaired) electrons. The van der Waals surface area contributed by atoms with E-state index in [1.807, 2.05) is 61.6 Å². The number of thioether (sulfide) groups is 2. The molecule has 0 atom stereocenters. The average molecular weight is 344 g/mol. The van der Waals surface area contributed by atoms with Crippen LogP contribution in [0.1, 0.15) is 5.56 Å². The second kappa shape index (κ2) is 9.43. The first-order valence-corrected chi connectivity index (χ1v) is 9.50. The van der Waals surface area contributed by atoms with E-state index in [0.29, 0.717) is 0 Å². The van der Waals surface area contributed by atoms with Gasteiger partial charge in [0.25, 0.3) is 0 Å². The van der Waals surface area contributed by atoms with Crippen molar-refractivity contribution in [2.24, 2.45) is 9.98 Å². The Hall–Kier alpha value is -1.72. The highest BCUT2D eigenvalue weighted by molar-refractivity contribution is 8.14. The smallest absolute Gasteiger partial charge is 0.190 e. The molecule has 0 aliphatic heterocycles. The van der Waals surface area contributed by atoms with Crippen LogP contribution in [0.3, 0.4) is 0 Å². The van der Waals surface area contributed by atoms with Crippen molar-refractivity contribution in [1.29, 1.82) is 0 Å². The standard InChI is InChI=1S/C18H21N3S2/c1-21(2)18(23-14-15-10-6-4-7-11-15)20-17(22-3)19-16-12-8-5-9-13-16/h4-13H,14H2,1-3H3/b19-17?,20-18+. The predicted molar refractivity (Wildman–Crippen MR) is 106 cm³/mol. The summed E-state index contributed by atoms with van der Waals surface area (Å²) in [5, 5.41) is 1.72. The molecule has 2 rings (SSSR count). The van der Waals surface area contributed by atoms with Crippen LogP contribution in [0.5, 0.6) is 0 Å². The van der Waals surface area contributed by atoms with E-state index < -0.39 is 0 Å². The van der Waals surface area contributed by atoms with E-state index >= 15 is 0 Å². The summed E-state index contributed by atoms with van der Waals surface area (Å²) < 4.78 is 0. The van der Waals surface area contributed by atoms with Crippen LogP contribution in [-0.4, -0.2) is 35.6 Å². The lowest BCUT2D eigenvalue weighted by Gasteiger charge is -2.15. The van der Waals surface area contributed by atoms with Crippen LogP contribution in [0.4, 0.5) is 5.69 Å². The molecule has 3 nitrogen and oxygen atoms in total. The molecule has 2 aromatic carbocycles. The molecule has 0 aromatic heterocycles. The number of para-hydroxylation sites is 1. The summed E-state index contributed by atoms with van der Waals surface area (Å²) in [6.07, 6.45) is 2.00. The Morgan fingerprint density at radius 3 is 2.13 bits per heavy atom. The molecule has 0 fully saturated rings. The lowest BCUT2D eigenvalue weighted by Crippen LogP contribution is -2.20. The zero-order valence-corrected chi connectivity index (χ0v) is 15.3. The summed E-state index contributed by atoms with van der Waals surface area (Å²) in [5.74, 6) is 0.894. The van der Waals surface area contributed by atoms with E-state index in [-0.39, 0.29) is 0 Å². The van der Waals surface area contributed by atoms with Gasteiger partial charge >= 0.3 is 0 Å². The van der Waals surface area contributed by atoms with Crippen molar-refractivity contribution in [3.63, 3.8) is 0 Å². The molecule has 0 spiro atoms. The Labute approximate surface area is 146 Å². The van der Waals surface area contributed by atoms with Crippen LogP contribution in [0.15, 0.2) is 70.6 Å². The second-order valence-corrected chi connectivity index (χ2v) is 6.71. The van der Waals surface area contributed by atoms with Crippen molar-refractivity contribution in [1.82, 2.24) is 4.90 Å². The maximum atomic E-state index is 4.72. The van der Waals surface area contributed by atoms with Crippen LogP contribution in [0.2, 0.25) is 0 Å². The number of amidine groups is 2. The number of benzene rings is 2. The van der Waals surface area contributed by atoms with E-state index in [4.69, 9.17) is 4.99 Å². The van der Waals surface area contributed by atoms with Gasteiger partial charge in [0.05, 0.1) is 5.69 Å². The van der Waals surface area contributed by atoms with E-state index in [9.17, 15) is 0 Å². The van der Waals surface area contributed by atoms with E-state index in [0.717, 1.165) is 21.8 Å². The molecule has 0 aliphatic carbocycles. The van der Waals surface area contributed by atoms with Crippen LogP contribution in [0.25, 0.3) is 0 Å². The molecular weight excluding hydrogens is 322 g/mol. The van der Waals surface area contributed by atoms with Gasteiger partial charge in [-0.15, -0.1) is 0 Å². The van der Waals surface area contributed by atoms with Gasteiger partial charge in [0.1, 0.15) is 0 Å². The van der Waals surface area contributed by atoms with Crippen molar-refractivity contribution in [2.75, 3.05) is 20.4 Å². The Bertz CT molecular complexity index is 652. The Morgan fingerprint density at radius 2 is 1.57 bits per heavy atom. The van der Waals surface area contributed by atoms with Gasteiger partial charge in [-0.25, -0.2) is 4.99 Å². The van der Waals surface area contributed by atoms with Gasteiger partial charge < -0.3 is 4.90 Å². The first kappa shape index (κ1) is 17.6. The van der Waals surface area contributed by atoms with Gasteiger partial charge in [-0.3, -0.25) is 0 Å². The predicted octanol–water partition coefficient (Wildman–Crippen LogP) is 4.89. The molecular formula is C18H21N3S2. The topological polar surface area (TPSA) is 28.0 Å². The van der Waals surface area contributed by atoms with Crippen LogP contribution in [-0.2, 0) is 5.75 Å². The minimum absolute atomic E-state index is 0.764. The molecule has 0 aliphatic rings. The molecule has 0 heterocycles. The monoisotopic (exact) mass is 343 g/mol. The van der Waals surface area contributed by atoms with Gasteiger partial charge in [0.15, 0.2) is 10.3 Å². The fraction of sp³-hybridized carbons (Fsp3) is 0.222. The van der Waals surface area contributed by atoms with Crippen LogP contribution in [0, 0.1) is 0 Å². The Balaban J connectivity index is 2.14. The van der Waals surface area contributed by atoms with E-state index in [1.54, 1.807) is 23.5 Å². The average Bonchev–Trinajstić information content (AvgIpc) is 2.59. The molecule has 0 bridgehead atoms. The third kappa shape index (κ3) is 6.12. The van der Waals surface area contributed by atoms with Crippen LogP contribution >= 0.6 is 23.5 Å². The molecule has 0 unspecified atom stereocenters.